The van der Waals surface area contributed by atoms with Crippen LogP contribution in [0.1, 0.15) is 12.0 Å². The molecule has 1 amide bonds. The average molecular weight is 290 g/mol. The number of nitrogens with zero attached hydrogens (tertiary/aromatic N) is 1. The van der Waals surface area contributed by atoms with Crippen LogP contribution in [-0.4, -0.2) is 12.1 Å². The maximum Gasteiger partial charge on any atom is 0.235 e. The summed E-state index contributed by atoms with van der Waals surface area (Å²) in [7, 11) is 0. The summed E-state index contributed by atoms with van der Waals surface area (Å²) in [4.78, 5) is 17.0. The molecular weight excluding hydrogens is 272 g/mol. The second-order valence-corrected chi connectivity index (χ2v) is 5.49. The molecule has 2 aromatic carbocycles. The number of hydrogen-bond acceptors (Lipinski definition) is 2. The van der Waals surface area contributed by atoms with Crippen LogP contribution in [0.5, 0.6) is 0 Å². The first-order chi connectivity index (χ1) is 10.8. The Morgan fingerprint density at radius 3 is 2.36 bits per heavy atom. The van der Waals surface area contributed by atoms with E-state index in [0.717, 1.165) is 11.3 Å². The summed E-state index contributed by atoms with van der Waals surface area (Å²) in [6, 6.07) is 19.6. The molecule has 1 aliphatic heterocycles. The first-order valence-corrected chi connectivity index (χ1v) is 7.38. The molecule has 0 aromatic heterocycles. The van der Waals surface area contributed by atoms with Crippen molar-refractivity contribution in [2.45, 2.75) is 12.8 Å². The number of rotatable bonds is 4. The van der Waals surface area contributed by atoms with Crippen LogP contribution < -0.4 is 5.32 Å². The van der Waals surface area contributed by atoms with Crippen molar-refractivity contribution in [1.82, 2.24) is 0 Å². The van der Waals surface area contributed by atoms with Gasteiger partial charge in [-0.2, -0.15) is 0 Å². The van der Waals surface area contributed by atoms with Gasteiger partial charge in [-0.1, -0.05) is 54.6 Å². The van der Waals surface area contributed by atoms with Gasteiger partial charge in [-0.05, 0) is 24.1 Å². The molecule has 0 fully saturated rings. The number of amides is 1. The van der Waals surface area contributed by atoms with Crippen molar-refractivity contribution in [1.29, 1.82) is 0 Å². The van der Waals surface area contributed by atoms with E-state index in [9.17, 15) is 4.79 Å². The number of nitrogens with one attached hydrogen (secondary N) is 1. The molecule has 22 heavy (non-hydrogen) atoms. The maximum atomic E-state index is 12.9. The van der Waals surface area contributed by atoms with Crippen LogP contribution in [0, 0.1) is 5.41 Å². The maximum absolute atomic E-state index is 12.9. The third-order valence-electron chi connectivity index (χ3n) is 3.89. The molecule has 1 aliphatic rings. The normalized spacial score (nSPS) is 19.8. The lowest BCUT2D eigenvalue weighted by Crippen LogP contribution is -2.38. The number of benzene rings is 2. The number of carbonyl (C=O) groups is 1. The van der Waals surface area contributed by atoms with E-state index in [2.05, 4.69) is 22.4 Å². The van der Waals surface area contributed by atoms with Crippen molar-refractivity contribution >= 4 is 17.8 Å². The highest BCUT2D eigenvalue weighted by atomic mass is 16.2. The summed E-state index contributed by atoms with van der Waals surface area (Å²) in [5.41, 5.74) is 1.38. The Kier molecular flexibility index (Phi) is 4.15. The SMILES string of the molecule is O=C(Nc1ccccc1)C1(Cc2ccccc2)C=CN=CC1. The lowest BCUT2D eigenvalue weighted by atomic mass is 9.77. The molecule has 1 atom stereocenters. The van der Waals surface area contributed by atoms with E-state index in [1.165, 1.54) is 0 Å². The molecule has 2 aromatic rings. The van der Waals surface area contributed by atoms with Crippen LogP contribution in [0.15, 0.2) is 77.9 Å². The van der Waals surface area contributed by atoms with Crippen LogP contribution in [0.4, 0.5) is 5.69 Å². The highest BCUT2D eigenvalue weighted by Gasteiger charge is 2.36. The Balaban J connectivity index is 1.84. The van der Waals surface area contributed by atoms with E-state index in [1.807, 2.05) is 60.8 Å². The molecule has 0 bridgehead atoms. The number of hydrogen-bond donors (Lipinski definition) is 1. The van der Waals surface area contributed by atoms with Gasteiger partial charge in [-0.3, -0.25) is 9.79 Å². The summed E-state index contributed by atoms with van der Waals surface area (Å²) < 4.78 is 0. The van der Waals surface area contributed by atoms with Gasteiger partial charge in [0.2, 0.25) is 5.91 Å². The minimum atomic E-state index is -0.584. The Labute approximate surface area is 130 Å². The smallest absolute Gasteiger partial charge is 0.235 e. The molecule has 3 heteroatoms. The predicted octanol–water partition coefficient (Wildman–Crippen LogP) is 3.84. The van der Waals surface area contributed by atoms with Gasteiger partial charge in [0.25, 0.3) is 0 Å². The summed E-state index contributed by atoms with van der Waals surface area (Å²) in [5, 5.41) is 3.02. The first-order valence-electron chi connectivity index (χ1n) is 7.38. The topological polar surface area (TPSA) is 41.5 Å². The molecule has 3 nitrogen and oxygen atoms in total. The van der Waals surface area contributed by atoms with Crippen LogP contribution in [0.25, 0.3) is 0 Å². The monoisotopic (exact) mass is 290 g/mol. The van der Waals surface area contributed by atoms with E-state index >= 15 is 0 Å². The zero-order valence-electron chi connectivity index (χ0n) is 12.3. The molecule has 110 valence electrons. The minimum Gasteiger partial charge on any atom is -0.325 e. The molecule has 0 spiro atoms. The van der Waals surface area contributed by atoms with Crippen molar-refractivity contribution in [3.05, 3.63) is 78.5 Å². The summed E-state index contributed by atoms with van der Waals surface area (Å²) >= 11 is 0. The van der Waals surface area contributed by atoms with E-state index in [4.69, 9.17) is 0 Å². The van der Waals surface area contributed by atoms with Gasteiger partial charge in [0.1, 0.15) is 0 Å². The fourth-order valence-corrected chi connectivity index (χ4v) is 2.65. The lowest BCUT2D eigenvalue weighted by molar-refractivity contribution is -0.123. The van der Waals surface area contributed by atoms with Crippen molar-refractivity contribution in [3.63, 3.8) is 0 Å². The zero-order chi connectivity index (χ0) is 15.3. The average Bonchev–Trinajstić information content (AvgIpc) is 2.57. The van der Waals surface area contributed by atoms with Crippen molar-refractivity contribution < 1.29 is 4.79 Å². The molecule has 0 radical (unpaired) electrons. The zero-order valence-corrected chi connectivity index (χ0v) is 12.3. The van der Waals surface area contributed by atoms with Gasteiger partial charge in [-0.25, -0.2) is 0 Å². The van der Waals surface area contributed by atoms with Crippen LogP contribution in [0.3, 0.4) is 0 Å². The highest BCUT2D eigenvalue weighted by molar-refractivity contribution is 5.98. The van der Waals surface area contributed by atoms with Gasteiger partial charge < -0.3 is 5.32 Å². The van der Waals surface area contributed by atoms with Crippen molar-refractivity contribution in [2.75, 3.05) is 5.32 Å². The van der Waals surface area contributed by atoms with Crippen molar-refractivity contribution in [3.8, 4) is 0 Å². The number of para-hydroxylation sites is 1. The molecule has 0 saturated carbocycles. The molecule has 1 unspecified atom stereocenters. The summed E-state index contributed by atoms with van der Waals surface area (Å²) in [5.74, 6) is 0.00459. The van der Waals surface area contributed by atoms with E-state index < -0.39 is 5.41 Å². The molecule has 0 saturated heterocycles. The molecule has 0 aliphatic carbocycles. The van der Waals surface area contributed by atoms with E-state index in [-0.39, 0.29) is 5.91 Å². The number of carbonyl (C=O) groups excluding carboxylic acids is 1. The van der Waals surface area contributed by atoms with Gasteiger partial charge >= 0.3 is 0 Å². The fraction of sp³-hybridized carbons (Fsp3) is 0.158. The molecule has 3 rings (SSSR count). The van der Waals surface area contributed by atoms with Crippen LogP contribution >= 0.6 is 0 Å². The van der Waals surface area contributed by atoms with Crippen molar-refractivity contribution in [2.24, 2.45) is 10.4 Å². The highest BCUT2D eigenvalue weighted by Crippen LogP contribution is 2.32. The lowest BCUT2D eigenvalue weighted by Gasteiger charge is -2.29. The van der Waals surface area contributed by atoms with Crippen LogP contribution in [-0.2, 0) is 11.2 Å². The fourth-order valence-electron chi connectivity index (χ4n) is 2.65. The van der Waals surface area contributed by atoms with Gasteiger partial charge in [0, 0.05) is 24.5 Å². The Hall–Kier alpha value is -2.68. The predicted molar refractivity (Wildman–Crippen MR) is 89.9 cm³/mol. The Bertz CT molecular complexity index is 692. The van der Waals surface area contributed by atoms with Gasteiger partial charge in [-0.15, -0.1) is 0 Å². The van der Waals surface area contributed by atoms with E-state index in [0.29, 0.717) is 12.8 Å². The summed E-state index contributed by atoms with van der Waals surface area (Å²) in [6.45, 7) is 0. The van der Waals surface area contributed by atoms with E-state index in [1.54, 1.807) is 6.20 Å². The first kappa shape index (κ1) is 14.3. The summed E-state index contributed by atoms with van der Waals surface area (Å²) in [6.07, 6.45) is 6.72. The molecular formula is C19H18N2O. The molecule has 1 N–H and O–H groups in total. The second kappa shape index (κ2) is 6.39. The third-order valence-corrected chi connectivity index (χ3v) is 3.89. The Morgan fingerprint density at radius 1 is 1.05 bits per heavy atom. The largest absolute Gasteiger partial charge is 0.325 e. The second-order valence-electron chi connectivity index (χ2n) is 5.49. The number of anilines is 1. The third kappa shape index (κ3) is 3.14. The minimum absolute atomic E-state index is 0.00459. The standard InChI is InChI=1S/C19H18N2O/c22-18(21-17-9-5-2-6-10-17)19(11-13-20-14-12-19)15-16-7-3-1-4-8-16/h1-11,13-14H,12,15H2,(H,21,22). The van der Waals surface area contributed by atoms with Gasteiger partial charge in [0.15, 0.2) is 0 Å². The Morgan fingerprint density at radius 2 is 1.73 bits per heavy atom. The molecule has 1 heterocycles. The van der Waals surface area contributed by atoms with Gasteiger partial charge in [0.05, 0.1) is 5.41 Å². The quantitative estimate of drug-likeness (QED) is 0.913. The number of aliphatic imine (C=N–C) groups is 1. The van der Waals surface area contributed by atoms with Crippen LogP contribution in [0.2, 0.25) is 0 Å².